The fraction of sp³-hybridized carbons (Fsp3) is 0.583. The summed E-state index contributed by atoms with van der Waals surface area (Å²) >= 11 is 0. The Hall–Kier alpha value is -1.34. The van der Waals surface area contributed by atoms with E-state index in [-0.39, 0.29) is 12.8 Å². The van der Waals surface area contributed by atoms with Crippen molar-refractivity contribution in [2.45, 2.75) is 25.6 Å². The number of piperidine rings is 1. The van der Waals surface area contributed by atoms with Crippen LogP contribution in [0.25, 0.3) is 0 Å². The molecule has 0 bridgehead atoms. The van der Waals surface area contributed by atoms with E-state index in [0.717, 1.165) is 5.56 Å². The summed E-state index contributed by atoms with van der Waals surface area (Å²) in [5, 5.41) is 0. The van der Waals surface area contributed by atoms with Crippen LogP contribution in [0.2, 0.25) is 0 Å². The third-order valence-corrected chi connectivity index (χ3v) is 3.43. The van der Waals surface area contributed by atoms with E-state index in [9.17, 15) is 13.2 Å². The Bertz CT molecular complexity index is 414. The molecule has 1 aromatic rings. The highest BCUT2D eigenvalue weighted by Gasteiger charge is 2.40. The van der Waals surface area contributed by atoms with E-state index in [1.165, 1.54) is 0 Å². The van der Waals surface area contributed by atoms with Crippen molar-refractivity contribution >= 4 is 5.82 Å². The lowest BCUT2D eigenvalue weighted by Crippen LogP contribution is -2.38. The maximum absolute atomic E-state index is 12.5. The van der Waals surface area contributed by atoms with Crippen LogP contribution < -0.4 is 11.3 Å². The molecule has 106 valence electrons. The summed E-state index contributed by atoms with van der Waals surface area (Å²) in [5.41, 5.74) is 3.45. The first-order chi connectivity index (χ1) is 8.99. The van der Waals surface area contributed by atoms with Crippen LogP contribution in [0.4, 0.5) is 19.0 Å². The third-order valence-electron chi connectivity index (χ3n) is 3.43. The second-order valence-electron chi connectivity index (χ2n) is 4.79. The minimum absolute atomic E-state index is 0.177. The molecule has 0 unspecified atom stereocenters. The molecule has 2 heterocycles. The Labute approximate surface area is 109 Å². The van der Waals surface area contributed by atoms with Crippen LogP contribution in [0, 0.1) is 5.92 Å². The minimum Gasteiger partial charge on any atom is -0.308 e. The SMILES string of the molecule is NNc1cc(CN2CCC(C(F)(F)F)CC2)ccn1. The van der Waals surface area contributed by atoms with Gasteiger partial charge < -0.3 is 5.43 Å². The summed E-state index contributed by atoms with van der Waals surface area (Å²) in [6.07, 6.45) is -2.07. The summed E-state index contributed by atoms with van der Waals surface area (Å²) < 4.78 is 37.6. The second-order valence-corrected chi connectivity index (χ2v) is 4.79. The Morgan fingerprint density at radius 3 is 2.63 bits per heavy atom. The predicted molar refractivity (Wildman–Crippen MR) is 66.1 cm³/mol. The van der Waals surface area contributed by atoms with Crippen LogP contribution >= 0.6 is 0 Å². The molecule has 1 aromatic heterocycles. The summed E-state index contributed by atoms with van der Waals surface area (Å²) in [5.74, 6) is 4.67. The maximum atomic E-state index is 12.5. The summed E-state index contributed by atoms with van der Waals surface area (Å²) in [6.45, 7) is 1.57. The number of pyridine rings is 1. The number of aromatic nitrogens is 1. The van der Waals surface area contributed by atoms with E-state index in [4.69, 9.17) is 5.84 Å². The van der Waals surface area contributed by atoms with E-state index in [1.54, 1.807) is 12.3 Å². The number of anilines is 1. The topological polar surface area (TPSA) is 54.2 Å². The van der Waals surface area contributed by atoms with Crippen LogP contribution in [0.15, 0.2) is 18.3 Å². The Balaban J connectivity index is 1.88. The molecule has 1 fully saturated rings. The van der Waals surface area contributed by atoms with Crippen LogP contribution in [0.1, 0.15) is 18.4 Å². The Kier molecular flexibility index (Phi) is 4.26. The number of likely N-dealkylation sites (tertiary alicyclic amines) is 1. The van der Waals surface area contributed by atoms with E-state index in [1.807, 2.05) is 11.0 Å². The van der Waals surface area contributed by atoms with Gasteiger partial charge in [-0.25, -0.2) is 10.8 Å². The summed E-state index contributed by atoms with van der Waals surface area (Å²) in [7, 11) is 0. The van der Waals surface area contributed by atoms with Gasteiger partial charge in [0.25, 0.3) is 0 Å². The third kappa shape index (κ3) is 3.81. The molecule has 0 atom stereocenters. The second kappa shape index (κ2) is 5.75. The Morgan fingerprint density at radius 2 is 2.05 bits per heavy atom. The molecule has 19 heavy (non-hydrogen) atoms. The summed E-state index contributed by atoms with van der Waals surface area (Å²) in [6, 6.07) is 3.65. The molecule has 2 rings (SSSR count). The molecule has 4 nitrogen and oxygen atoms in total. The standard InChI is InChI=1S/C12H17F3N4/c13-12(14,15)10-2-5-19(6-3-10)8-9-1-4-17-11(7-9)18-16/h1,4,7,10H,2-3,5-6,8,16H2,(H,17,18). The average molecular weight is 274 g/mol. The van der Waals surface area contributed by atoms with Crippen LogP contribution in [0.5, 0.6) is 0 Å². The highest BCUT2D eigenvalue weighted by Crippen LogP contribution is 2.34. The van der Waals surface area contributed by atoms with Gasteiger partial charge in [-0.2, -0.15) is 13.2 Å². The summed E-state index contributed by atoms with van der Waals surface area (Å²) in [4.78, 5) is 6.02. The number of hydrazine groups is 1. The van der Waals surface area contributed by atoms with E-state index >= 15 is 0 Å². The molecule has 7 heteroatoms. The monoisotopic (exact) mass is 274 g/mol. The van der Waals surface area contributed by atoms with Gasteiger partial charge in [-0.05, 0) is 43.6 Å². The molecule has 0 aliphatic carbocycles. The lowest BCUT2D eigenvalue weighted by Gasteiger charge is -2.32. The predicted octanol–water partition coefficient (Wildman–Crippen LogP) is 2.14. The zero-order valence-electron chi connectivity index (χ0n) is 10.5. The largest absolute Gasteiger partial charge is 0.391 e. The van der Waals surface area contributed by atoms with Gasteiger partial charge in [0.15, 0.2) is 0 Å². The zero-order chi connectivity index (χ0) is 13.9. The van der Waals surface area contributed by atoms with E-state index < -0.39 is 12.1 Å². The number of alkyl halides is 3. The molecule has 1 saturated heterocycles. The maximum Gasteiger partial charge on any atom is 0.391 e. The quantitative estimate of drug-likeness (QED) is 0.655. The van der Waals surface area contributed by atoms with Crippen molar-refractivity contribution in [3.8, 4) is 0 Å². The number of hydrogen-bond acceptors (Lipinski definition) is 4. The number of nitrogens with two attached hydrogens (primary N) is 1. The highest BCUT2D eigenvalue weighted by atomic mass is 19.4. The number of nitrogen functional groups attached to an aromatic ring is 1. The number of rotatable bonds is 3. The zero-order valence-corrected chi connectivity index (χ0v) is 10.5. The molecule has 1 aliphatic rings. The lowest BCUT2D eigenvalue weighted by molar-refractivity contribution is -0.185. The van der Waals surface area contributed by atoms with Crippen molar-refractivity contribution in [2.24, 2.45) is 11.8 Å². The van der Waals surface area contributed by atoms with Crippen molar-refractivity contribution in [3.63, 3.8) is 0 Å². The van der Waals surface area contributed by atoms with Crippen molar-refractivity contribution in [3.05, 3.63) is 23.9 Å². The first kappa shape index (κ1) is 14.1. The van der Waals surface area contributed by atoms with Gasteiger partial charge in [-0.1, -0.05) is 0 Å². The highest BCUT2D eigenvalue weighted by molar-refractivity contribution is 5.35. The van der Waals surface area contributed by atoms with Crippen molar-refractivity contribution in [1.29, 1.82) is 0 Å². The normalized spacial score (nSPS) is 18.5. The average Bonchev–Trinajstić information content (AvgIpc) is 2.38. The molecule has 0 saturated carbocycles. The van der Waals surface area contributed by atoms with Crippen molar-refractivity contribution in [2.75, 3.05) is 18.5 Å². The molecule has 0 aromatic carbocycles. The number of halogens is 3. The Morgan fingerprint density at radius 1 is 1.37 bits per heavy atom. The molecular formula is C12H17F3N4. The van der Waals surface area contributed by atoms with Gasteiger partial charge in [-0.15, -0.1) is 0 Å². The first-order valence-corrected chi connectivity index (χ1v) is 6.19. The van der Waals surface area contributed by atoms with E-state index in [0.29, 0.717) is 25.5 Å². The van der Waals surface area contributed by atoms with Gasteiger partial charge in [0.05, 0.1) is 5.92 Å². The molecule has 1 aliphatic heterocycles. The van der Waals surface area contributed by atoms with Crippen LogP contribution in [-0.4, -0.2) is 29.1 Å². The van der Waals surface area contributed by atoms with Gasteiger partial charge in [-0.3, -0.25) is 4.90 Å². The molecule has 3 N–H and O–H groups in total. The molecule has 0 radical (unpaired) electrons. The number of nitrogens with zero attached hydrogens (tertiary/aromatic N) is 2. The lowest BCUT2D eigenvalue weighted by atomic mass is 9.96. The van der Waals surface area contributed by atoms with Gasteiger partial charge in [0.1, 0.15) is 5.82 Å². The smallest absolute Gasteiger partial charge is 0.308 e. The molecule has 0 spiro atoms. The van der Waals surface area contributed by atoms with Crippen molar-refractivity contribution < 1.29 is 13.2 Å². The van der Waals surface area contributed by atoms with Gasteiger partial charge in [0.2, 0.25) is 0 Å². The number of hydrogen-bond donors (Lipinski definition) is 2. The van der Waals surface area contributed by atoms with Crippen LogP contribution in [0.3, 0.4) is 0 Å². The minimum atomic E-state index is -4.06. The molecular weight excluding hydrogens is 257 g/mol. The fourth-order valence-electron chi connectivity index (χ4n) is 2.33. The van der Waals surface area contributed by atoms with Crippen LogP contribution in [-0.2, 0) is 6.54 Å². The van der Waals surface area contributed by atoms with E-state index in [2.05, 4.69) is 10.4 Å². The first-order valence-electron chi connectivity index (χ1n) is 6.19. The van der Waals surface area contributed by atoms with Gasteiger partial charge in [0, 0.05) is 12.7 Å². The van der Waals surface area contributed by atoms with Gasteiger partial charge >= 0.3 is 6.18 Å². The van der Waals surface area contributed by atoms with Crippen molar-refractivity contribution in [1.82, 2.24) is 9.88 Å². The number of nitrogens with one attached hydrogen (secondary N) is 1. The fourth-order valence-corrected chi connectivity index (χ4v) is 2.33. The molecule has 0 amide bonds.